The molecule has 1 amide bonds. The number of carbonyl (C=O) groups excluding carboxylic acids is 1. The summed E-state index contributed by atoms with van der Waals surface area (Å²) in [5.74, 6) is -1.43. The average molecular weight is 464 g/mol. The molecule has 0 spiro atoms. The number of amides is 1. The Labute approximate surface area is 185 Å². The lowest BCUT2D eigenvalue weighted by Crippen LogP contribution is -2.34. The van der Waals surface area contributed by atoms with Crippen molar-refractivity contribution < 1.29 is 32.6 Å². The van der Waals surface area contributed by atoms with E-state index >= 15 is 0 Å². The summed E-state index contributed by atoms with van der Waals surface area (Å²) in [5.41, 5.74) is 6.31. The molecule has 0 saturated heterocycles. The van der Waals surface area contributed by atoms with Crippen molar-refractivity contribution in [2.45, 2.75) is 25.2 Å². The van der Waals surface area contributed by atoms with E-state index in [9.17, 15) is 22.8 Å². The molecule has 10 heteroatoms. The molecule has 1 heterocycles. The van der Waals surface area contributed by atoms with Crippen molar-refractivity contribution in [3.05, 3.63) is 70.4 Å². The summed E-state index contributed by atoms with van der Waals surface area (Å²) in [4.78, 5) is 22.2. The summed E-state index contributed by atoms with van der Waals surface area (Å²) in [6.07, 6.45) is -4.85. The van der Waals surface area contributed by atoms with Crippen molar-refractivity contribution in [2.75, 3.05) is 5.32 Å². The van der Waals surface area contributed by atoms with Gasteiger partial charge in [0.2, 0.25) is 5.91 Å². The molecular formula is C22H19F3N2O4S. The van der Waals surface area contributed by atoms with Gasteiger partial charge >= 0.3 is 12.1 Å². The van der Waals surface area contributed by atoms with Crippen molar-refractivity contribution in [1.82, 2.24) is 0 Å². The van der Waals surface area contributed by atoms with E-state index in [0.717, 1.165) is 0 Å². The lowest BCUT2D eigenvalue weighted by molar-refractivity contribution is -0.140. The van der Waals surface area contributed by atoms with E-state index in [0.29, 0.717) is 33.2 Å². The van der Waals surface area contributed by atoms with Crippen LogP contribution in [-0.4, -0.2) is 23.0 Å². The van der Waals surface area contributed by atoms with Crippen LogP contribution in [0.15, 0.2) is 60.7 Å². The van der Waals surface area contributed by atoms with Crippen molar-refractivity contribution in [3.63, 3.8) is 0 Å². The van der Waals surface area contributed by atoms with Gasteiger partial charge in [-0.05, 0) is 35.9 Å². The summed E-state index contributed by atoms with van der Waals surface area (Å²) in [7, 11) is 0. The number of ether oxygens (including phenoxy) is 1. The Balaban J connectivity index is 1.65. The third kappa shape index (κ3) is 6.08. The number of hydrogen-bond acceptors (Lipinski definition) is 5. The number of alkyl halides is 3. The molecule has 0 bridgehead atoms. The number of rotatable bonds is 8. The zero-order valence-electron chi connectivity index (χ0n) is 16.6. The fraction of sp³-hybridized carbons (Fsp3) is 0.182. The topological polar surface area (TPSA) is 102 Å². The van der Waals surface area contributed by atoms with Gasteiger partial charge in [-0.2, -0.15) is 13.2 Å². The quantitative estimate of drug-likeness (QED) is 0.447. The van der Waals surface area contributed by atoms with Gasteiger partial charge in [0, 0.05) is 16.1 Å². The highest BCUT2D eigenvalue weighted by atomic mass is 32.1. The molecule has 0 fully saturated rings. The lowest BCUT2D eigenvalue weighted by Gasteiger charge is -2.09. The highest BCUT2D eigenvalue weighted by Gasteiger charge is 2.36. The van der Waals surface area contributed by atoms with E-state index in [4.69, 9.17) is 15.6 Å². The number of carboxylic acid groups (broad SMARTS) is 1. The van der Waals surface area contributed by atoms with Gasteiger partial charge in [0.05, 0.1) is 6.42 Å². The van der Waals surface area contributed by atoms with Gasteiger partial charge in [0.15, 0.2) is 0 Å². The Hall–Kier alpha value is -3.37. The molecule has 1 aromatic heterocycles. The van der Waals surface area contributed by atoms with E-state index in [1.807, 2.05) is 0 Å². The zero-order chi connectivity index (χ0) is 23.3. The number of benzene rings is 2. The van der Waals surface area contributed by atoms with Crippen LogP contribution in [-0.2, 0) is 22.4 Å². The number of nitrogens with one attached hydrogen (secondary N) is 1. The molecule has 3 rings (SSSR count). The summed E-state index contributed by atoms with van der Waals surface area (Å²) < 4.78 is 46.0. The first-order chi connectivity index (χ1) is 15.1. The molecule has 0 radical (unpaired) electrons. The normalized spacial score (nSPS) is 12.2. The second kappa shape index (κ2) is 9.84. The van der Waals surface area contributed by atoms with Crippen LogP contribution in [0.4, 0.5) is 18.9 Å². The molecule has 4 N–H and O–H groups in total. The fourth-order valence-corrected chi connectivity index (χ4v) is 3.80. The highest BCUT2D eigenvalue weighted by molar-refractivity contribution is 7.12. The minimum atomic E-state index is -4.48. The molecular weight excluding hydrogens is 445 g/mol. The number of aliphatic carboxylic acids is 1. The molecule has 168 valence electrons. The summed E-state index contributed by atoms with van der Waals surface area (Å²) >= 11 is 0.633. The number of nitrogens with two attached hydrogens (primary N) is 1. The standard InChI is InChI=1S/C22H19F3N2O4S/c23-22(24,25)20-17(13-4-2-1-3-5-13)10-16(32-20)12-31-15-8-6-14(7-9-15)27-19(28)11-18(26)21(29)30/h1-10,18H,11-12,26H2,(H,27,28)(H,29,30)/t18-/m0/s1. The fourth-order valence-electron chi connectivity index (χ4n) is 2.84. The minimum Gasteiger partial charge on any atom is -0.488 e. The van der Waals surface area contributed by atoms with E-state index in [-0.39, 0.29) is 18.6 Å². The zero-order valence-corrected chi connectivity index (χ0v) is 17.4. The van der Waals surface area contributed by atoms with Gasteiger partial charge in [0.1, 0.15) is 23.3 Å². The van der Waals surface area contributed by atoms with Crippen LogP contribution < -0.4 is 15.8 Å². The SMILES string of the molecule is N[C@@H](CC(=O)Nc1ccc(OCc2cc(-c3ccccc3)c(C(F)(F)F)s2)cc1)C(=O)O. The maximum atomic E-state index is 13.5. The predicted molar refractivity (Wildman–Crippen MR) is 114 cm³/mol. The average Bonchev–Trinajstić information content (AvgIpc) is 3.19. The third-order valence-corrected chi connectivity index (χ3v) is 5.52. The van der Waals surface area contributed by atoms with E-state index < -0.39 is 29.0 Å². The highest BCUT2D eigenvalue weighted by Crippen LogP contribution is 2.43. The van der Waals surface area contributed by atoms with Crippen molar-refractivity contribution in [3.8, 4) is 16.9 Å². The first kappa shape index (κ1) is 23.3. The first-order valence-corrected chi connectivity index (χ1v) is 10.2. The maximum Gasteiger partial charge on any atom is 0.426 e. The number of hydrogen-bond donors (Lipinski definition) is 3. The van der Waals surface area contributed by atoms with E-state index in [1.165, 1.54) is 18.2 Å². The Morgan fingerprint density at radius 3 is 2.34 bits per heavy atom. The monoisotopic (exact) mass is 464 g/mol. The maximum absolute atomic E-state index is 13.5. The third-order valence-electron chi connectivity index (χ3n) is 4.37. The van der Waals surface area contributed by atoms with Crippen LogP contribution in [0.3, 0.4) is 0 Å². The number of thiophene rings is 1. The van der Waals surface area contributed by atoms with E-state index in [1.54, 1.807) is 42.5 Å². The summed E-state index contributed by atoms with van der Waals surface area (Å²) in [6.45, 7) is -0.0558. The van der Waals surface area contributed by atoms with Crippen LogP contribution in [0.2, 0.25) is 0 Å². The predicted octanol–water partition coefficient (Wildman–Crippen LogP) is 4.75. The Morgan fingerprint density at radius 2 is 1.75 bits per heavy atom. The van der Waals surface area contributed by atoms with Gasteiger partial charge in [-0.15, -0.1) is 11.3 Å². The number of carbonyl (C=O) groups is 2. The second-order valence-corrected chi connectivity index (χ2v) is 7.97. The van der Waals surface area contributed by atoms with E-state index in [2.05, 4.69) is 5.32 Å². The smallest absolute Gasteiger partial charge is 0.426 e. The molecule has 0 unspecified atom stereocenters. The molecule has 32 heavy (non-hydrogen) atoms. The molecule has 0 aliphatic carbocycles. The molecule has 2 aromatic carbocycles. The lowest BCUT2D eigenvalue weighted by atomic mass is 10.1. The van der Waals surface area contributed by atoms with Crippen LogP contribution in [0, 0.1) is 0 Å². The van der Waals surface area contributed by atoms with Gasteiger partial charge in [-0.3, -0.25) is 9.59 Å². The van der Waals surface area contributed by atoms with Crippen LogP contribution in [0.1, 0.15) is 16.2 Å². The Kier molecular flexibility index (Phi) is 7.16. The second-order valence-electron chi connectivity index (χ2n) is 6.83. The summed E-state index contributed by atoms with van der Waals surface area (Å²) in [5, 5.41) is 11.2. The summed E-state index contributed by atoms with van der Waals surface area (Å²) in [6, 6.07) is 14.7. The van der Waals surface area contributed by atoms with Crippen molar-refractivity contribution in [2.24, 2.45) is 5.73 Å². The van der Waals surface area contributed by atoms with Crippen LogP contribution >= 0.6 is 11.3 Å². The molecule has 0 aliphatic heterocycles. The Morgan fingerprint density at radius 1 is 1.09 bits per heavy atom. The Bertz CT molecular complexity index is 1080. The van der Waals surface area contributed by atoms with Crippen molar-refractivity contribution in [1.29, 1.82) is 0 Å². The first-order valence-electron chi connectivity index (χ1n) is 9.40. The van der Waals surface area contributed by atoms with Gasteiger partial charge < -0.3 is 20.9 Å². The molecule has 0 saturated carbocycles. The minimum absolute atomic E-state index is 0.0558. The van der Waals surface area contributed by atoms with Gasteiger partial charge in [0.25, 0.3) is 0 Å². The molecule has 0 aliphatic rings. The van der Waals surface area contributed by atoms with Crippen molar-refractivity contribution >= 4 is 28.9 Å². The molecule has 1 atom stereocenters. The largest absolute Gasteiger partial charge is 0.488 e. The van der Waals surface area contributed by atoms with Crippen LogP contribution in [0.25, 0.3) is 11.1 Å². The number of anilines is 1. The number of halogens is 3. The van der Waals surface area contributed by atoms with Crippen LogP contribution in [0.5, 0.6) is 5.75 Å². The number of carboxylic acids is 1. The van der Waals surface area contributed by atoms with Gasteiger partial charge in [-0.25, -0.2) is 0 Å². The molecule has 3 aromatic rings. The molecule has 6 nitrogen and oxygen atoms in total. The van der Waals surface area contributed by atoms with Gasteiger partial charge in [-0.1, -0.05) is 30.3 Å².